The summed E-state index contributed by atoms with van der Waals surface area (Å²) in [5.74, 6) is 0. The number of aromatic nitrogens is 2. The van der Waals surface area contributed by atoms with Gasteiger partial charge in [-0.3, -0.25) is 0 Å². The van der Waals surface area contributed by atoms with E-state index >= 15 is 0 Å². The number of nitrogens with zero attached hydrogens (tertiary/aromatic N) is 4. The summed E-state index contributed by atoms with van der Waals surface area (Å²) in [4.78, 5) is 5.41. The molecule has 0 fully saturated rings. The molecule has 0 radical (unpaired) electrons. The van der Waals surface area contributed by atoms with Crippen LogP contribution in [0.1, 0.15) is 31.9 Å². The number of rotatable bonds is 12. The molecule has 0 atom stereocenters. The molecule has 17 aromatic carbocycles. The molecule has 0 amide bonds. The van der Waals surface area contributed by atoms with Crippen molar-refractivity contribution >= 4 is 101 Å². The lowest BCUT2D eigenvalue weighted by atomic mass is 9.33. The van der Waals surface area contributed by atoms with Crippen LogP contribution < -0.4 is 26.2 Å². The third kappa shape index (κ3) is 11.1. The van der Waals surface area contributed by atoms with Gasteiger partial charge in [-0.1, -0.05) is 318 Å². The largest absolute Gasteiger partial charge is 0.310 e. The van der Waals surface area contributed by atoms with E-state index in [2.05, 4.69) is 441 Å². The molecule has 2 aliphatic rings. The third-order valence-corrected chi connectivity index (χ3v) is 23.4. The normalized spacial score (nSPS) is 12.4. The fourth-order valence-electron chi connectivity index (χ4n) is 18.2. The summed E-state index contributed by atoms with van der Waals surface area (Å²) in [6.07, 6.45) is 0. The van der Waals surface area contributed by atoms with Crippen molar-refractivity contribution in [3.63, 3.8) is 0 Å². The maximum Gasteiger partial charge on any atom is 0.252 e. The maximum absolute atomic E-state index is 2.72. The highest BCUT2D eigenvalue weighted by Gasteiger charge is 2.46. The van der Waals surface area contributed by atoms with Gasteiger partial charge in [0.25, 0.3) is 6.71 Å². The number of hydrogen-bond acceptors (Lipinski definition) is 2. The van der Waals surface area contributed by atoms with E-state index in [1.165, 1.54) is 65.8 Å². The average molecular weight is 1430 g/mol. The second-order valence-corrected chi connectivity index (χ2v) is 31.2. The minimum absolute atomic E-state index is 0.243. The van der Waals surface area contributed by atoms with Gasteiger partial charge in [0.2, 0.25) is 0 Å². The van der Waals surface area contributed by atoms with Crippen LogP contribution >= 0.6 is 0 Å². The zero-order valence-electron chi connectivity index (χ0n) is 62.9. The van der Waals surface area contributed by atoms with E-state index in [0.29, 0.717) is 0 Å². The molecule has 5 heteroatoms. The highest BCUT2D eigenvalue weighted by Crippen LogP contribution is 2.55. The van der Waals surface area contributed by atoms with Gasteiger partial charge in [-0.25, -0.2) is 0 Å². The summed E-state index contributed by atoms with van der Waals surface area (Å²) in [5.41, 5.74) is 37.7. The Morgan fingerprint density at radius 2 is 0.527 bits per heavy atom. The molecule has 4 heterocycles. The van der Waals surface area contributed by atoms with Crippen LogP contribution in [0.15, 0.2) is 394 Å². The van der Waals surface area contributed by atoms with Crippen molar-refractivity contribution in [3.05, 3.63) is 405 Å². The first-order valence-corrected chi connectivity index (χ1v) is 39.1. The van der Waals surface area contributed by atoms with Crippen LogP contribution in [-0.2, 0) is 5.41 Å². The number of aryl methyl sites for hydroxylation is 1. The van der Waals surface area contributed by atoms with Crippen LogP contribution in [0.3, 0.4) is 0 Å². The van der Waals surface area contributed by atoms with Crippen molar-refractivity contribution in [1.82, 2.24) is 9.13 Å². The lowest BCUT2D eigenvalue weighted by Gasteiger charge is -2.46. The van der Waals surface area contributed by atoms with Gasteiger partial charge in [-0.2, -0.15) is 0 Å². The third-order valence-electron chi connectivity index (χ3n) is 23.4. The van der Waals surface area contributed by atoms with Gasteiger partial charge in [0, 0.05) is 77.9 Å². The van der Waals surface area contributed by atoms with Gasteiger partial charge in [0.05, 0.1) is 33.4 Å². The molecule has 0 aliphatic carbocycles. The molecule has 4 nitrogen and oxygen atoms in total. The summed E-state index contributed by atoms with van der Waals surface area (Å²) in [5, 5.41) is 4.88. The molecule has 0 N–H and O–H groups in total. The summed E-state index contributed by atoms with van der Waals surface area (Å²) >= 11 is 0. The van der Waals surface area contributed by atoms with E-state index in [-0.39, 0.29) is 12.1 Å². The SMILES string of the molecule is Cc1cc2c3c(c1)N(c1c(-c4ccccc4)cc(C(C)(C)C)cc1-c1cccc(-c4cccc(-c5ccccc5)c4)c1)c1cc(-n4c5ccccc5c5ccccc54)ccc1B3c1ccc(-n3c4ccccc4c4ccccc43)cc1N2c1c(-c2ccccc2)cccc1-c1cccc(-c2cccc(-c3ccccc3)c2)c1. The van der Waals surface area contributed by atoms with Crippen LogP contribution in [0, 0.1) is 6.92 Å². The summed E-state index contributed by atoms with van der Waals surface area (Å²) < 4.78 is 5.00. The van der Waals surface area contributed by atoms with Gasteiger partial charge in [-0.15, -0.1) is 0 Å². The average Bonchev–Trinajstić information content (AvgIpc) is 0.716. The Balaban J connectivity index is 0.884. The molecule has 2 aromatic heterocycles. The van der Waals surface area contributed by atoms with E-state index in [1.54, 1.807) is 0 Å². The Bertz CT molecular complexity index is 6840. The van der Waals surface area contributed by atoms with Crippen LogP contribution in [0.5, 0.6) is 0 Å². The van der Waals surface area contributed by atoms with Crippen molar-refractivity contribution < 1.29 is 0 Å². The predicted molar refractivity (Wildman–Crippen MR) is 476 cm³/mol. The van der Waals surface area contributed by atoms with Gasteiger partial charge < -0.3 is 18.9 Å². The molecular formula is C107H77BN4. The van der Waals surface area contributed by atoms with Crippen molar-refractivity contribution in [1.29, 1.82) is 0 Å². The van der Waals surface area contributed by atoms with E-state index in [9.17, 15) is 0 Å². The molecule has 0 bridgehead atoms. The first kappa shape index (κ1) is 66.2. The summed E-state index contributed by atoms with van der Waals surface area (Å²) in [6, 6.07) is 148. The lowest BCUT2D eigenvalue weighted by molar-refractivity contribution is 0.591. The van der Waals surface area contributed by atoms with E-state index in [4.69, 9.17) is 0 Å². The van der Waals surface area contributed by atoms with Crippen molar-refractivity contribution in [3.8, 4) is 100 Å². The van der Waals surface area contributed by atoms with Gasteiger partial charge in [-0.05, 0) is 204 Å². The molecule has 21 rings (SSSR count). The van der Waals surface area contributed by atoms with Crippen LogP contribution in [0.4, 0.5) is 34.1 Å². The van der Waals surface area contributed by atoms with E-state index in [1.807, 2.05) is 0 Å². The van der Waals surface area contributed by atoms with Crippen molar-refractivity contribution in [2.24, 2.45) is 0 Å². The van der Waals surface area contributed by atoms with E-state index in [0.717, 1.165) is 140 Å². The summed E-state index contributed by atoms with van der Waals surface area (Å²) in [6.45, 7) is 9.15. The number of hydrogen-bond donors (Lipinski definition) is 0. The number of benzene rings is 17. The van der Waals surface area contributed by atoms with Crippen molar-refractivity contribution in [2.45, 2.75) is 33.1 Å². The minimum atomic E-state index is -0.257. The van der Waals surface area contributed by atoms with Crippen molar-refractivity contribution in [2.75, 3.05) is 9.80 Å². The van der Waals surface area contributed by atoms with Gasteiger partial charge in [0.1, 0.15) is 0 Å². The van der Waals surface area contributed by atoms with Crippen LogP contribution in [0.2, 0.25) is 0 Å². The number of anilines is 6. The fourth-order valence-corrected chi connectivity index (χ4v) is 18.2. The molecule has 0 saturated heterocycles. The highest BCUT2D eigenvalue weighted by molar-refractivity contribution is 7.00. The van der Waals surface area contributed by atoms with Gasteiger partial charge >= 0.3 is 0 Å². The summed E-state index contributed by atoms with van der Waals surface area (Å²) in [7, 11) is 0. The molecule has 2 aliphatic heterocycles. The number of para-hydroxylation sites is 5. The Kier molecular flexibility index (Phi) is 15.8. The Labute approximate surface area is 654 Å². The van der Waals surface area contributed by atoms with Crippen LogP contribution in [0.25, 0.3) is 144 Å². The first-order chi connectivity index (χ1) is 55.1. The maximum atomic E-state index is 2.72. The van der Waals surface area contributed by atoms with Gasteiger partial charge in [0.15, 0.2) is 0 Å². The predicted octanol–water partition coefficient (Wildman–Crippen LogP) is 26.9. The molecule has 112 heavy (non-hydrogen) atoms. The molecule has 0 unspecified atom stereocenters. The quantitative estimate of drug-likeness (QED) is 0.113. The monoisotopic (exact) mass is 1430 g/mol. The second kappa shape index (κ2) is 26.7. The fraction of sp³-hybridized carbons (Fsp3) is 0.0467. The zero-order valence-corrected chi connectivity index (χ0v) is 62.9. The highest BCUT2D eigenvalue weighted by atomic mass is 15.2. The first-order valence-electron chi connectivity index (χ1n) is 39.1. The zero-order chi connectivity index (χ0) is 74.7. The minimum Gasteiger partial charge on any atom is -0.310 e. The lowest BCUT2D eigenvalue weighted by Crippen LogP contribution is -2.61. The smallest absolute Gasteiger partial charge is 0.252 e. The Hall–Kier alpha value is -14.0. The standard InChI is InChI=1S/C107H77BN4/c1-70-60-102-104-103(61-70)112(106-92(74-36-15-8-16-37-74)66-83(107(2,3)4)67-93(106)82-45-28-43-80(65-82)78-41-26-39-76(63-78)72-32-11-6-12-33-72)101-69-85(110-98-54-23-19-48-90(98)91-49-20-24-55-99(91)110)57-59-95(101)108(104)94-58-56-84(109-96-52-21-17-46-88(96)89-47-18-22-53-97(89)109)68-100(94)111(102)105-86(73-34-13-7-14-35-73)50-29-51-87(105)81-44-27-42-79(64-81)77-40-25-38-75(62-77)71-30-9-5-10-31-71/h5-69H,1-4H3. The Morgan fingerprint density at radius 1 is 0.232 bits per heavy atom. The molecular weight excluding hydrogens is 1350 g/mol. The second-order valence-electron chi connectivity index (χ2n) is 31.2. The topological polar surface area (TPSA) is 16.3 Å². The molecule has 0 saturated carbocycles. The van der Waals surface area contributed by atoms with Crippen LogP contribution in [-0.4, -0.2) is 15.8 Å². The Morgan fingerprint density at radius 3 is 0.929 bits per heavy atom. The molecule has 19 aromatic rings. The molecule has 0 spiro atoms. The molecule has 528 valence electrons. The number of fused-ring (bicyclic) bond motifs is 10. The van der Waals surface area contributed by atoms with E-state index < -0.39 is 0 Å².